The molecule has 2 aliphatic rings. The van der Waals surface area contributed by atoms with Gasteiger partial charge in [-0.2, -0.15) is 0 Å². The topological polar surface area (TPSA) is 67.8 Å². The Kier molecular flexibility index (Phi) is 9.35. The van der Waals surface area contributed by atoms with Gasteiger partial charge in [-0.15, -0.1) is 0 Å². The van der Waals surface area contributed by atoms with E-state index in [0.717, 1.165) is 80.3 Å². The normalized spacial score (nSPS) is 17.0. The molecule has 1 aromatic carbocycles. The minimum atomic E-state index is 0.193. The molecule has 2 fully saturated rings. The standard InChI is InChI=1S/C28H40N4O3/c1-22(33)32-17-11-23(12-18-32)6-8-25-10-13-29-28(30-25)21-24-7-9-26(34-2)27(20-24)35-19-5-16-31-14-3-4-15-31/h7,9-10,13,20,23H,3-6,8,11-12,14-19,21H2,1-2H3. The number of hydrogen-bond acceptors (Lipinski definition) is 6. The Morgan fingerprint density at radius 3 is 2.63 bits per heavy atom. The van der Waals surface area contributed by atoms with Gasteiger partial charge in [0.05, 0.1) is 13.7 Å². The number of aryl methyl sites for hydroxylation is 1. The molecule has 4 rings (SSSR count). The van der Waals surface area contributed by atoms with Gasteiger partial charge in [-0.25, -0.2) is 9.97 Å². The van der Waals surface area contributed by atoms with Gasteiger partial charge in [-0.1, -0.05) is 6.07 Å². The van der Waals surface area contributed by atoms with Gasteiger partial charge in [0.2, 0.25) is 5.91 Å². The van der Waals surface area contributed by atoms with Crippen LogP contribution in [0.25, 0.3) is 0 Å². The quantitative estimate of drug-likeness (QED) is 0.451. The fourth-order valence-electron chi connectivity index (χ4n) is 5.16. The number of likely N-dealkylation sites (tertiary alicyclic amines) is 2. The summed E-state index contributed by atoms with van der Waals surface area (Å²) in [5.41, 5.74) is 2.21. The summed E-state index contributed by atoms with van der Waals surface area (Å²) in [7, 11) is 1.68. The third-order valence-electron chi connectivity index (χ3n) is 7.30. The van der Waals surface area contributed by atoms with E-state index >= 15 is 0 Å². The van der Waals surface area contributed by atoms with E-state index in [1.54, 1.807) is 14.0 Å². The maximum atomic E-state index is 11.5. The molecular weight excluding hydrogens is 440 g/mol. The SMILES string of the molecule is COc1ccc(Cc2nccc(CCC3CCN(C(C)=O)CC3)n2)cc1OCCCN1CCCC1. The number of carbonyl (C=O) groups excluding carboxylic acids is 1. The summed E-state index contributed by atoms with van der Waals surface area (Å²) in [4.78, 5) is 25.4. The van der Waals surface area contributed by atoms with Gasteiger partial charge >= 0.3 is 0 Å². The number of methoxy groups -OCH3 is 1. The van der Waals surface area contributed by atoms with Crippen LogP contribution in [0.5, 0.6) is 11.5 Å². The lowest BCUT2D eigenvalue weighted by molar-refractivity contribution is -0.130. The molecule has 190 valence electrons. The Hall–Kier alpha value is -2.67. The summed E-state index contributed by atoms with van der Waals surface area (Å²) in [5, 5.41) is 0. The zero-order valence-corrected chi connectivity index (χ0v) is 21.4. The summed E-state index contributed by atoms with van der Waals surface area (Å²) in [6.07, 6.45) is 10.4. The second kappa shape index (κ2) is 12.9. The zero-order valence-electron chi connectivity index (χ0n) is 21.4. The molecule has 2 aliphatic heterocycles. The van der Waals surface area contributed by atoms with Crippen LogP contribution in [0.15, 0.2) is 30.5 Å². The molecule has 0 N–H and O–H groups in total. The monoisotopic (exact) mass is 480 g/mol. The van der Waals surface area contributed by atoms with Crippen molar-refractivity contribution in [1.82, 2.24) is 19.8 Å². The minimum Gasteiger partial charge on any atom is -0.493 e. The van der Waals surface area contributed by atoms with Crippen molar-refractivity contribution in [2.24, 2.45) is 5.92 Å². The van der Waals surface area contributed by atoms with Gasteiger partial charge in [0.1, 0.15) is 5.82 Å². The van der Waals surface area contributed by atoms with E-state index < -0.39 is 0 Å². The molecule has 1 amide bonds. The van der Waals surface area contributed by atoms with E-state index in [-0.39, 0.29) is 5.91 Å². The van der Waals surface area contributed by atoms with Crippen LogP contribution in [0.2, 0.25) is 0 Å². The average Bonchev–Trinajstić information content (AvgIpc) is 3.40. The molecule has 2 aromatic rings. The fraction of sp³-hybridized carbons (Fsp3) is 0.607. The van der Waals surface area contributed by atoms with Crippen LogP contribution in [-0.4, -0.2) is 72.1 Å². The predicted octanol–water partition coefficient (Wildman–Crippen LogP) is 4.13. The van der Waals surface area contributed by atoms with Crippen molar-refractivity contribution in [3.63, 3.8) is 0 Å². The molecule has 0 aliphatic carbocycles. The second-order valence-electron chi connectivity index (χ2n) is 9.87. The highest BCUT2D eigenvalue weighted by Crippen LogP contribution is 2.29. The van der Waals surface area contributed by atoms with Crippen molar-refractivity contribution in [3.8, 4) is 11.5 Å². The van der Waals surface area contributed by atoms with Crippen LogP contribution in [0.4, 0.5) is 0 Å². The highest BCUT2D eigenvalue weighted by atomic mass is 16.5. The first-order chi connectivity index (χ1) is 17.1. The number of amides is 1. The Labute approximate surface area is 209 Å². The fourth-order valence-corrected chi connectivity index (χ4v) is 5.16. The van der Waals surface area contributed by atoms with Gasteiger partial charge in [0.15, 0.2) is 11.5 Å². The Morgan fingerprint density at radius 2 is 1.89 bits per heavy atom. The van der Waals surface area contributed by atoms with E-state index in [2.05, 4.69) is 22.0 Å². The largest absolute Gasteiger partial charge is 0.493 e. The van der Waals surface area contributed by atoms with Crippen molar-refractivity contribution in [3.05, 3.63) is 47.5 Å². The molecule has 7 nitrogen and oxygen atoms in total. The number of benzene rings is 1. The number of carbonyl (C=O) groups is 1. The van der Waals surface area contributed by atoms with Crippen molar-refractivity contribution in [1.29, 1.82) is 0 Å². The number of nitrogens with zero attached hydrogens (tertiary/aromatic N) is 4. The van der Waals surface area contributed by atoms with E-state index in [0.29, 0.717) is 18.9 Å². The van der Waals surface area contributed by atoms with Crippen molar-refractivity contribution in [2.75, 3.05) is 46.4 Å². The molecule has 1 aromatic heterocycles. The number of piperidine rings is 1. The number of hydrogen-bond donors (Lipinski definition) is 0. The molecule has 0 atom stereocenters. The maximum Gasteiger partial charge on any atom is 0.219 e. The van der Waals surface area contributed by atoms with E-state index in [9.17, 15) is 4.79 Å². The lowest BCUT2D eigenvalue weighted by Gasteiger charge is -2.31. The molecule has 0 bridgehead atoms. The van der Waals surface area contributed by atoms with Crippen molar-refractivity contribution < 1.29 is 14.3 Å². The summed E-state index contributed by atoms with van der Waals surface area (Å²) in [5.74, 6) is 3.24. The van der Waals surface area contributed by atoms with Gasteiger partial charge in [-0.3, -0.25) is 4.79 Å². The van der Waals surface area contributed by atoms with Crippen molar-refractivity contribution >= 4 is 5.91 Å². The van der Waals surface area contributed by atoms with Crippen LogP contribution in [0, 0.1) is 5.92 Å². The van der Waals surface area contributed by atoms with Crippen LogP contribution in [-0.2, 0) is 17.6 Å². The molecule has 3 heterocycles. The molecule has 7 heteroatoms. The highest BCUT2D eigenvalue weighted by Gasteiger charge is 2.20. The molecular formula is C28H40N4O3. The van der Waals surface area contributed by atoms with Crippen LogP contribution in [0.1, 0.15) is 62.5 Å². The number of aromatic nitrogens is 2. The van der Waals surface area contributed by atoms with Gasteiger partial charge in [0, 0.05) is 44.9 Å². The summed E-state index contributed by atoms with van der Waals surface area (Å²) >= 11 is 0. The number of ether oxygens (including phenoxy) is 2. The first-order valence-corrected chi connectivity index (χ1v) is 13.2. The molecule has 35 heavy (non-hydrogen) atoms. The predicted molar refractivity (Wildman–Crippen MR) is 137 cm³/mol. The maximum absolute atomic E-state index is 11.5. The van der Waals surface area contributed by atoms with Crippen molar-refractivity contribution in [2.45, 2.75) is 58.3 Å². The molecule has 2 saturated heterocycles. The zero-order chi connectivity index (χ0) is 24.5. The van der Waals surface area contributed by atoms with Gasteiger partial charge in [0.25, 0.3) is 0 Å². The highest BCUT2D eigenvalue weighted by molar-refractivity contribution is 5.73. The minimum absolute atomic E-state index is 0.193. The lowest BCUT2D eigenvalue weighted by Crippen LogP contribution is -2.37. The Bertz CT molecular complexity index is 953. The molecule has 0 saturated carbocycles. The second-order valence-corrected chi connectivity index (χ2v) is 9.87. The summed E-state index contributed by atoms with van der Waals surface area (Å²) in [6, 6.07) is 8.13. The van der Waals surface area contributed by atoms with Crippen LogP contribution < -0.4 is 9.47 Å². The summed E-state index contributed by atoms with van der Waals surface area (Å²) in [6.45, 7) is 7.65. The Balaban J connectivity index is 1.28. The van der Waals surface area contributed by atoms with E-state index in [1.807, 2.05) is 23.2 Å². The number of rotatable bonds is 11. The van der Waals surface area contributed by atoms with Crippen LogP contribution >= 0.6 is 0 Å². The smallest absolute Gasteiger partial charge is 0.219 e. The molecule has 0 radical (unpaired) electrons. The molecule has 0 unspecified atom stereocenters. The first kappa shape index (κ1) is 25.4. The third-order valence-corrected chi connectivity index (χ3v) is 7.30. The van der Waals surface area contributed by atoms with Gasteiger partial charge < -0.3 is 19.3 Å². The third kappa shape index (κ3) is 7.66. The summed E-state index contributed by atoms with van der Waals surface area (Å²) < 4.78 is 11.6. The van der Waals surface area contributed by atoms with E-state index in [4.69, 9.17) is 14.5 Å². The first-order valence-electron chi connectivity index (χ1n) is 13.2. The lowest BCUT2D eigenvalue weighted by atomic mass is 9.91. The van der Waals surface area contributed by atoms with E-state index in [1.165, 1.54) is 25.9 Å². The van der Waals surface area contributed by atoms with Gasteiger partial charge in [-0.05, 0) is 87.7 Å². The Morgan fingerprint density at radius 1 is 1.09 bits per heavy atom. The molecule has 0 spiro atoms. The van der Waals surface area contributed by atoms with Crippen LogP contribution in [0.3, 0.4) is 0 Å². The average molecular weight is 481 g/mol.